The highest BCUT2D eigenvalue weighted by Crippen LogP contribution is 2.44. The van der Waals surface area contributed by atoms with Crippen LogP contribution in [-0.2, 0) is 4.79 Å². The van der Waals surface area contributed by atoms with Crippen LogP contribution in [-0.4, -0.2) is 38.4 Å². The van der Waals surface area contributed by atoms with Crippen molar-refractivity contribution in [1.82, 2.24) is 0 Å². The molecule has 0 aliphatic carbocycles. The molecule has 1 heterocycles. The summed E-state index contributed by atoms with van der Waals surface area (Å²) in [6, 6.07) is 3.73. The Kier molecular flexibility index (Phi) is 3.95. The van der Waals surface area contributed by atoms with E-state index in [1.54, 1.807) is 26.0 Å². The van der Waals surface area contributed by atoms with E-state index in [0.29, 0.717) is 24.5 Å². The molecule has 0 radical (unpaired) electrons. The molecule has 2 rings (SSSR count). The summed E-state index contributed by atoms with van der Waals surface area (Å²) in [6.45, 7) is 2.24. The molecule has 0 saturated heterocycles. The van der Waals surface area contributed by atoms with E-state index in [1.807, 2.05) is 12.1 Å². The van der Waals surface area contributed by atoms with Crippen LogP contribution in [0.15, 0.2) is 12.1 Å². The number of methoxy groups -OCH3 is 2. The summed E-state index contributed by atoms with van der Waals surface area (Å²) in [5, 5.41) is 9.14. The van der Waals surface area contributed by atoms with Crippen LogP contribution in [0.4, 0.5) is 5.69 Å². The Labute approximate surface area is 112 Å². The van der Waals surface area contributed by atoms with Crippen molar-refractivity contribution in [2.75, 3.05) is 32.3 Å². The van der Waals surface area contributed by atoms with Crippen LogP contribution in [0.5, 0.6) is 11.5 Å². The minimum atomic E-state index is -0.00564. The van der Waals surface area contributed by atoms with Gasteiger partial charge in [-0.3, -0.25) is 4.79 Å². The first-order valence-corrected chi connectivity index (χ1v) is 6.27. The molecule has 1 aromatic rings. The fourth-order valence-electron chi connectivity index (χ4n) is 2.56. The molecule has 19 heavy (non-hydrogen) atoms. The second-order valence-corrected chi connectivity index (χ2v) is 4.60. The van der Waals surface area contributed by atoms with Gasteiger partial charge in [-0.05, 0) is 18.1 Å². The molecule has 1 aliphatic rings. The number of carbonyl (C=O) groups is 1. The number of hydrogen-bond acceptors (Lipinski definition) is 4. The van der Waals surface area contributed by atoms with Gasteiger partial charge in [0.1, 0.15) is 0 Å². The Morgan fingerprint density at radius 2 is 2.00 bits per heavy atom. The largest absolute Gasteiger partial charge is 0.493 e. The molecule has 1 unspecified atom stereocenters. The summed E-state index contributed by atoms with van der Waals surface area (Å²) in [6.07, 6.45) is 0.631. The zero-order valence-electron chi connectivity index (χ0n) is 11.5. The van der Waals surface area contributed by atoms with E-state index in [4.69, 9.17) is 14.6 Å². The number of aliphatic hydroxyl groups excluding tert-OH is 1. The van der Waals surface area contributed by atoms with Crippen molar-refractivity contribution in [3.05, 3.63) is 17.7 Å². The van der Waals surface area contributed by atoms with Crippen molar-refractivity contribution in [2.24, 2.45) is 0 Å². The zero-order chi connectivity index (χ0) is 14.0. The quantitative estimate of drug-likeness (QED) is 0.897. The summed E-state index contributed by atoms with van der Waals surface area (Å²) >= 11 is 0. The summed E-state index contributed by atoms with van der Waals surface area (Å²) < 4.78 is 10.6. The van der Waals surface area contributed by atoms with Crippen LogP contribution < -0.4 is 14.4 Å². The molecule has 1 N–H and O–H groups in total. The molecule has 0 saturated carbocycles. The lowest BCUT2D eigenvalue weighted by Gasteiger charge is -2.16. The first kappa shape index (κ1) is 13.7. The Hall–Kier alpha value is -1.75. The molecule has 104 valence electrons. The zero-order valence-corrected chi connectivity index (χ0v) is 11.5. The van der Waals surface area contributed by atoms with Crippen LogP contribution in [0.25, 0.3) is 0 Å². The number of nitrogens with zero attached hydrogens (tertiary/aromatic N) is 1. The fraction of sp³-hybridized carbons (Fsp3) is 0.500. The van der Waals surface area contributed by atoms with Crippen LogP contribution in [0, 0.1) is 0 Å². The van der Waals surface area contributed by atoms with Crippen molar-refractivity contribution in [3.63, 3.8) is 0 Å². The van der Waals surface area contributed by atoms with Crippen LogP contribution in [0.1, 0.15) is 24.8 Å². The van der Waals surface area contributed by atoms with Gasteiger partial charge in [-0.15, -0.1) is 0 Å². The minimum absolute atomic E-state index is 0.00564. The maximum absolute atomic E-state index is 11.7. The lowest BCUT2D eigenvalue weighted by atomic mass is 9.98. The van der Waals surface area contributed by atoms with Gasteiger partial charge in [0.15, 0.2) is 11.5 Å². The van der Waals surface area contributed by atoms with E-state index < -0.39 is 0 Å². The highest BCUT2D eigenvalue weighted by atomic mass is 16.5. The average Bonchev–Trinajstić information content (AvgIpc) is 2.76. The van der Waals surface area contributed by atoms with Crippen molar-refractivity contribution in [1.29, 1.82) is 0 Å². The topological polar surface area (TPSA) is 59.0 Å². The first-order valence-electron chi connectivity index (χ1n) is 6.27. The van der Waals surface area contributed by atoms with Crippen LogP contribution in [0.3, 0.4) is 0 Å². The standard InChI is InChI=1S/C14H19NO4/c1-9(17)15-8-10(4-5-16)11-6-13(18-2)14(19-3)7-12(11)15/h6-7,10,16H,4-5,8H2,1-3H3. The van der Waals surface area contributed by atoms with Gasteiger partial charge in [0.2, 0.25) is 5.91 Å². The number of ether oxygens (including phenoxy) is 2. The highest BCUT2D eigenvalue weighted by molar-refractivity contribution is 5.94. The molecule has 0 aromatic heterocycles. The molecule has 1 aliphatic heterocycles. The van der Waals surface area contributed by atoms with Gasteiger partial charge in [-0.25, -0.2) is 0 Å². The third-order valence-electron chi connectivity index (χ3n) is 3.52. The molecule has 0 spiro atoms. The van der Waals surface area contributed by atoms with Crippen molar-refractivity contribution < 1.29 is 19.4 Å². The Bertz CT molecular complexity index is 487. The second-order valence-electron chi connectivity index (χ2n) is 4.60. The third kappa shape index (κ3) is 2.38. The van der Waals surface area contributed by atoms with Crippen molar-refractivity contribution >= 4 is 11.6 Å². The van der Waals surface area contributed by atoms with E-state index >= 15 is 0 Å². The lowest BCUT2D eigenvalue weighted by Crippen LogP contribution is -2.27. The molecule has 1 aromatic carbocycles. The van der Waals surface area contributed by atoms with Crippen LogP contribution in [0.2, 0.25) is 0 Å². The summed E-state index contributed by atoms with van der Waals surface area (Å²) in [4.78, 5) is 13.4. The fourth-order valence-corrected chi connectivity index (χ4v) is 2.56. The number of carbonyl (C=O) groups excluding carboxylic acids is 1. The molecule has 0 bridgehead atoms. The number of aliphatic hydroxyl groups is 1. The van der Waals surface area contributed by atoms with E-state index in [1.165, 1.54) is 0 Å². The van der Waals surface area contributed by atoms with Gasteiger partial charge in [-0.2, -0.15) is 0 Å². The second kappa shape index (κ2) is 5.48. The number of hydrogen-bond donors (Lipinski definition) is 1. The molecule has 5 nitrogen and oxygen atoms in total. The first-order chi connectivity index (χ1) is 9.12. The van der Waals surface area contributed by atoms with E-state index in [2.05, 4.69) is 0 Å². The van der Waals surface area contributed by atoms with Gasteiger partial charge < -0.3 is 19.5 Å². The molecule has 5 heteroatoms. The molecule has 0 fully saturated rings. The summed E-state index contributed by atoms with van der Waals surface area (Å²) in [5.74, 6) is 1.39. The minimum Gasteiger partial charge on any atom is -0.493 e. The van der Waals surface area contributed by atoms with Gasteiger partial charge in [-0.1, -0.05) is 0 Å². The van der Waals surface area contributed by atoms with Gasteiger partial charge in [0, 0.05) is 32.1 Å². The molecule has 1 atom stereocenters. The Morgan fingerprint density at radius 1 is 1.37 bits per heavy atom. The Balaban J connectivity index is 2.50. The SMILES string of the molecule is COc1cc2c(cc1OC)N(C(C)=O)CC2CCO. The van der Waals surface area contributed by atoms with E-state index in [0.717, 1.165) is 11.3 Å². The molecular formula is C14H19NO4. The maximum Gasteiger partial charge on any atom is 0.223 e. The lowest BCUT2D eigenvalue weighted by molar-refractivity contribution is -0.116. The summed E-state index contributed by atoms with van der Waals surface area (Å²) in [5.41, 5.74) is 1.88. The number of rotatable bonds is 4. The normalized spacial score (nSPS) is 17.3. The van der Waals surface area contributed by atoms with Crippen LogP contribution >= 0.6 is 0 Å². The Morgan fingerprint density at radius 3 is 2.53 bits per heavy atom. The number of fused-ring (bicyclic) bond motifs is 1. The predicted octanol–water partition coefficient (Wildman–Crippen LogP) is 1.54. The van der Waals surface area contributed by atoms with Crippen molar-refractivity contribution in [2.45, 2.75) is 19.3 Å². The maximum atomic E-state index is 11.7. The average molecular weight is 265 g/mol. The van der Waals surface area contributed by atoms with E-state index in [9.17, 15) is 4.79 Å². The predicted molar refractivity (Wildman–Crippen MR) is 72.0 cm³/mol. The van der Waals surface area contributed by atoms with Crippen molar-refractivity contribution in [3.8, 4) is 11.5 Å². The summed E-state index contributed by atoms with van der Waals surface area (Å²) in [7, 11) is 3.16. The van der Waals surface area contributed by atoms with Gasteiger partial charge in [0.05, 0.1) is 19.9 Å². The number of anilines is 1. The van der Waals surface area contributed by atoms with E-state index in [-0.39, 0.29) is 18.4 Å². The van der Waals surface area contributed by atoms with Gasteiger partial charge in [0.25, 0.3) is 0 Å². The van der Waals surface area contributed by atoms with Gasteiger partial charge >= 0.3 is 0 Å². The molecular weight excluding hydrogens is 246 g/mol. The monoisotopic (exact) mass is 265 g/mol. The molecule has 1 amide bonds. The number of benzene rings is 1. The number of amides is 1. The third-order valence-corrected chi connectivity index (χ3v) is 3.52. The smallest absolute Gasteiger partial charge is 0.223 e. The highest BCUT2D eigenvalue weighted by Gasteiger charge is 2.32.